The van der Waals surface area contributed by atoms with Gasteiger partial charge in [0.25, 0.3) is 0 Å². The lowest BCUT2D eigenvalue weighted by Gasteiger charge is -2.06. The van der Waals surface area contributed by atoms with Crippen molar-refractivity contribution in [1.29, 1.82) is 0 Å². The number of hydrogen-bond acceptors (Lipinski definition) is 7. The SMILES string of the molecule is Nc1nnc(SCC(=O)NC(=O)NCc2ccccc2)s1. The molecule has 0 aliphatic heterocycles. The number of rotatable bonds is 5. The third-order valence-corrected chi connectivity index (χ3v) is 4.18. The van der Waals surface area contributed by atoms with Crippen molar-refractivity contribution < 1.29 is 9.59 Å². The van der Waals surface area contributed by atoms with E-state index in [1.807, 2.05) is 30.3 Å². The van der Waals surface area contributed by atoms with E-state index in [4.69, 9.17) is 5.73 Å². The minimum absolute atomic E-state index is 0.0768. The molecule has 3 amide bonds. The molecule has 0 aliphatic rings. The Morgan fingerprint density at radius 1 is 1.24 bits per heavy atom. The molecular formula is C12H13N5O2S2. The van der Waals surface area contributed by atoms with E-state index in [2.05, 4.69) is 20.8 Å². The van der Waals surface area contributed by atoms with Gasteiger partial charge in [0.1, 0.15) is 0 Å². The summed E-state index contributed by atoms with van der Waals surface area (Å²) < 4.78 is 0.590. The van der Waals surface area contributed by atoms with Crippen molar-refractivity contribution in [3.63, 3.8) is 0 Å². The van der Waals surface area contributed by atoms with E-state index in [0.29, 0.717) is 16.0 Å². The lowest BCUT2D eigenvalue weighted by atomic mass is 10.2. The fourth-order valence-corrected chi connectivity index (χ4v) is 2.83. The highest BCUT2D eigenvalue weighted by atomic mass is 32.2. The monoisotopic (exact) mass is 323 g/mol. The Hall–Kier alpha value is -2.13. The molecule has 7 nitrogen and oxygen atoms in total. The van der Waals surface area contributed by atoms with E-state index in [-0.39, 0.29) is 5.75 Å². The van der Waals surface area contributed by atoms with Gasteiger partial charge in [-0.1, -0.05) is 53.4 Å². The van der Waals surface area contributed by atoms with E-state index >= 15 is 0 Å². The van der Waals surface area contributed by atoms with E-state index in [0.717, 1.165) is 5.56 Å². The molecule has 0 radical (unpaired) electrons. The van der Waals surface area contributed by atoms with Crippen molar-refractivity contribution in [3.8, 4) is 0 Å². The van der Waals surface area contributed by atoms with Gasteiger partial charge in [0.15, 0.2) is 4.34 Å². The molecular weight excluding hydrogens is 310 g/mol. The summed E-state index contributed by atoms with van der Waals surface area (Å²) in [5, 5.41) is 12.6. The van der Waals surface area contributed by atoms with Crippen molar-refractivity contribution in [2.75, 3.05) is 11.5 Å². The Kier molecular flexibility index (Phi) is 5.52. The summed E-state index contributed by atoms with van der Waals surface area (Å²) in [6, 6.07) is 8.90. The van der Waals surface area contributed by atoms with Gasteiger partial charge in [-0.2, -0.15) is 0 Å². The van der Waals surface area contributed by atoms with Gasteiger partial charge in [-0.15, -0.1) is 10.2 Å². The Morgan fingerprint density at radius 3 is 2.67 bits per heavy atom. The summed E-state index contributed by atoms with van der Waals surface area (Å²) in [6.07, 6.45) is 0. The minimum atomic E-state index is -0.527. The molecule has 1 aromatic carbocycles. The topological polar surface area (TPSA) is 110 Å². The first-order chi connectivity index (χ1) is 10.1. The maximum absolute atomic E-state index is 11.6. The third-order valence-electron chi connectivity index (χ3n) is 2.30. The maximum atomic E-state index is 11.6. The molecule has 0 saturated heterocycles. The smallest absolute Gasteiger partial charge is 0.321 e. The molecule has 2 aromatic rings. The molecule has 0 atom stereocenters. The third kappa shape index (κ3) is 5.40. The number of nitrogens with one attached hydrogen (secondary N) is 2. The van der Waals surface area contributed by atoms with Crippen molar-refractivity contribution in [2.45, 2.75) is 10.9 Å². The lowest BCUT2D eigenvalue weighted by molar-refractivity contribution is -0.117. The highest BCUT2D eigenvalue weighted by Gasteiger charge is 2.10. The van der Waals surface area contributed by atoms with Crippen molar-refractivity contribution in [2.24, 2.45) is 0 Å². The van der Waals surface area contributed by atoms with Crippen molar-refractivity contribution >= 4 is 40.2 Å². The number of hydrogen-bond donors (Lipinski definition) is 3. The Bertz CT molecular complexity index is 617. The van der Waals surface area contributed by atoms with Crippen LogP contribution in [0.5, 0.6) is 0 Å². The number of benzene rings is 1. The quantitative estimate of drug-likeness (QED) is 0.714. The summed E-state index contributed by atoms with van der Waals surface area (Å²) in [5.41, 5.74) is 6.38. The van der Waals surface area contributed by atoms with Crippen LogP contribution in [0.15, 0.2) is 34.7 Å². The number of aromatic nitrogens is 2. The number of urea groups is 1. The van der Waals surface area contributed by atoms with Gasteiger partial charge < -0.3 is 11.1 Å². The van der Waals surface area contributed by atoms with Crippen LogP contribution in [0.25, 0.3) is 0 Å². The molecule has 0 spiro atoms. The summed E-state index contributed by atoms with van der Waals surface area (Å²) in [5.74, 6) is -0.327. The number of nitrogens with two attached hydrogens (primary N) is 1. The first kappa shape index (κ1) is 15.3. The fraction of sp³-hybridized carbons (Fsp3) is 0.167. The second kappa shape index (κ2) is 7.60. The number of thioether (sulfide) groups is 1. The molecule has 21 heavy (non-hydrogen) atoms. The highest BCUT2D eigenvalue weighted by Crippen LogP contribution is 2.22. The van der Waals surface area contributed by atoms with Crippen LogP contribution in [0, 0.1) is 0 Å². The standard InChI is InChI=1S/C12H13N5O2S2/c13-10-16-17-12(21-10)20-7-9(18)15-11(19)14-6-8-4-2-1-3-5-8/h1-5H,6-7H2,(H2,13,16)(H2,14,15,18,19). The van der Waals surface area contributed by atoms with Crippen LogP contribution in [0.3, 0.4) is 0 Å². The van der Waals surface area contributed by atoms with E-state index < -0.39 is 11.9 Å². The second-order valence-corrected chi connectivity index (χ2v) is 6.14. The van der Waals surface area contributed by atoms with Gasteiger partial charge in [0.05, 0.1) is 5.75 Å². The van der Waals surface area contributed by atoms with E-state index in [1.54, 1.807) is 0 Å². The predicted molar refractivity (Wildman–Crippen MR) is 81.9 cm³/mol. The first-order valence-electron chi connectivity index (χ1n) is 5.97. The van der Waals surface area contributed by atoms with Crippen LogP contribution in [-0.4, -0.2) is 27.9 Å². The Morgan fingerprint density at radius 2 is 2.00 bits per heavy atom. The second-order valence-electron chi connectivity index (χ2n) is 3.91. The molecule has 9 heteroatoms. The molecule has 0 unspecified atom stereocenters. The molecule has 1 aromatic heterocycles. The summed E-state index contributed by atoms with van der Waals surface area (Å²) in [4.78, 5) is 23.1. The minimum Gasteiger partial charge on any atom is -0.374 e. The van der Waals surface area contributed by atoms with Crippen LogP contribution < -0.4 is 16.4 Å². The van der Waals surface area contributed by atoms with Crippen LogP contribution in [0.1, 0.15) is 5.56 Å². The number of nitrogen functional groups attached to an aromatic ring is 1. The lowest BCUT2D eigenvalue weighted by Crippen LogP contribution is -2.39. The number of nitrogens with zero attached hydrogens (tertiary/aromatic N) is 2. The zero-order valence-corrected chi connectivity index (χ0v) is 12.5. The fourth-order valence-electron chi connectivity index (χ4n) is 1.39. The summed E-state index contributed by atoms with van der Waals surface area (Å²) in [6.45, 7) is 0.361. The molecule has 0 saturated carbocycles. The average molecular weight is 323 g/mol. The number of anilines is 1. The van der Waals surface area contributed by atoms with Crippen LogP contribution in [0.4, 0.5) is 9.93 Å². The number of carbonyl (C=O) groups is 2. The van der Waals surface area contributed by atoms with Gasteiger partial charge in [-0.05, 0) is 5.56 Å². The molecule has 1 heterocycles. The molecule has 4 N–H and O–H groups in total. The average Bonchev–Trinajstić information content (AvgIpc) is 2.90. The first-order valence-corrected chi connectivity index (χ1v) is 7.77. The molecule has 0 aliphatic carbocycles. The van der Waals surface area contributed by atoms with Crippen molar-refractivity contribution in [3.05, 3.63) is 35.9 Å². The number of carbonyl (C=O) groups excluding carboxylic acids is 2. The number of imide groups is 1. The number of amides is 3. The van der Waals surface area contributed by atoms with E-state index in [9.17, 15) is 9.59 Å². The van der Waals surface area contributed by atoms with Gasteiger partial charge in [-0.25, -0.2) is 4.79 Å². The van der Waals surface area contributed by atoms with Gasteiger partial charge in [-0.3, -0.25) is 10.1 Å². The van der Waals surface area contributed by atoms with Crippen LogP contribution in [0.2, 0.25) is 0 Å². The zero-order valence-electron chi connectivity index (χ0n) is 10.9. The van der Waals surface area contributed by atoms with E-state index in [1.165, 1.54) is 23.1 Å². The summed E-state index contributed by atoms with van der Waals surface area (Å²) in [7, 11) is 0. The van der Waals surface area contributed by atoms with Gasteiger partial charge in [0.2, 0.25) is 11.0 Å². The largest absolute Gasteiger partial charge is 0.374 e. The normalized spacial score (nSPS) is 10.1. The van der Waals surface area contributed by atoms with Crippen LogP contribution >= 0.6 is 23.1 Å². The zero-order chi connectivity index (χ0) is 15.1. The Labute approximate surface area is 129 Å². The maximum Gasteiger partial charge on any atom is 0.321 e. The van der Waals surface area contributed by atoms with Crippen LogP contribution in [-0.2, 0) is 11.3 Å². The molecule has 110 valence electrons. The Balaban J connectivity index is 1.68. The highest BCUT2D eigenvalue weighted by molar-refractivity contribution is 8.01. The predicted octanol–water partition coefficient (Wildman–Crippen LogP) is 1.24. The molecule has 2 rings (SSSR count). The molecule has 0 bridgehead atoms. The van der Waals surface area contributed by atoms with Crippen molar-refractivity contribution in [1.82, 2.24) is 20.8 Å². The summed E-state index contributed by atoms with van der Waals surface area (Å²) >= 11 is 2.37. The molecule has 0 fully saturated rings. The van der Waals surface area contributed by atoms with Gasteiger partial charge >= 0.3 is 6.03 Å². The van der Waals surface area contributed by atoms with Gasteiger partial charge in [0, 0.05) is 6.54 Å².